The molecule has 0 aromatic heterocycles. The number of rotatable bonds is 5. The summed E-state index contributed by atoms with van der Waals surface area (Å²) in [6.07, 6.45) is 3.88. The van der Waals surface area contributed by atoms with Crippen molar-refractivity contribution >= 4 is 11.8 Å². The molecule has 1 aromatic rings. The number of nitrogens with one attached hydrogen (secondary N) is 1. The third-order valence-electron chi connectivity index (χ3n) is 3.51. The van der Waals surface area contributed by atoms with Gasteiger partial charge in [0.05, 0.1) is 0 Å². The van der Waals surface area contributed by atoms with E-state index >= 15 is 0 Å². The monoisotopic (exact) mass is 249 g/mol. The van der Waals surface area contributed by atoms with Gasteiger partial charge in [-0.05, 0) is 44.4 Å². The van der Waals surface area contributed by atoms with Crippen molar-refractivity contribution in [2.24, 2.45) is 0 Å². The normalized spacial score (nSPS) is 26.0. The summed E-state index contributed by atoms with van der Waals surface area (Å²) >= 11 is 2.13. The van der Waals surface area contributed by atoms with Crippen molar-refractivity contribution in [3.05, 3.63) is 35.9 Å². The molecule has 0 saturated carbocycles. The highest BCUT2D eigenvalue weighted by Gasteiger charge is 2.29. The first-order valence-corrected chi connectivity index (χ1v) is 7.58. The molecule has 1 N–H and O–H groups in total. The van der Waals surface area contributed by atoms with Gasteiger partial charge in [0.25, 0.3) is 0 Å². The second-order valence-electron chi connectivity index (χ2n) is 5.37. The van der Waals surface area contributed by atoms with Gasteiger partial charge < -0.3 is 5.32 Å². The molecule has 0 aliphatic carbocycles. The van der Waals surface area contributed by atoms with Gasteiger partial charge in [0, 0.05) is 17.3 Å². The molecule has 1 fully saturated rings. The maximum absolute atomic E-state index is 3.69. The minimum absolute atomic E-state index is 0.477. The molecule has 0 radical (unpaired) electrons. The molecule has 1 aliphatic rings. The number of thioether (sulfide) groups is 1. The molecule has 1 nitrogen and oxygen atoms in total. The van der Waals surface area contributed by atoms with Crippen molar-refractivity contribution in [2.45, 2.75) is 43.9 Å². The van der Waals surface area contributed by atoms with Crippen LogP contribution in [0.15, 0.2) is 30.3 Å². The van der Waals surface area contributed by atoms with Gasteiger partial charge in [0.15, 0.2) is 0 Å². The van der Waals surface area contributed by atoms with Crippen LogP contribution in [-0.2, 0) is 6.42 Å². The number of benzene rings is 1. The van der Waals surface area contributed by atoms with E-state index in [0.29, 0.717) is 10.8 Å². The second-order valence-corrected chi connectivity index (χ2v) is 7.06. The Morgan fingerprint density at radius 2 is 2.12 bits per heavy atom. The predicted octanol–water partition coefficient (Wildman–Crippen LogP) is 3.49. The molecular formula is C15H23NS. The Labute approximate surface area is 109 Å². The molecular weight excluding hydrogens is 226 g/mol. The molecule has 94 valence electrons. The lowest BCUT2D eigenvalue weighted by Crippen LogP contribution is -2.38. The van der Waals surface area contributed by atoms with E-state index in [2.05, 4.69) is 61.3 Å². The van der Waals surface area contributed by atoms with Gasteiger partial charge in [-0.1, -0.05) is 30.3 Å². The van der Waals surface area contributed by atoms with Crippen LogP contribution in [0.1, 0.15) is 32.3 Å². The zero-order valence-electron chi connectivity index (χ0n) is 10.9. The Morgan fingerprint density at radius 3 is 2.76 bits per heavy atom. The summed E-state index contributed by atoms with van der Waals surface area (Å²) in [7, 11) is 0. The summed E-state index contributed by atoms with van der Waals surface area (Å²) in [5.41, 5.74) is 1.43. The summed E-state index contributed by atoms with van der Waals surface area (Å²) in [6, 6.07) is 11.3. The fourth-order valence-electron chi connectivity index (χ4n) is 2.41. The van der Waals surface area contributed by atoms with Crippen LogP contribution in [0.5, 0.6) is 0 Å². The Balaban J connectivity index is 1.76. The molecule has 0 bridgehead atoms. The number of hydrogen-bond acceptors (Lipinski definition) is 2. The van der Waals surface area contributed by atoms with E-state index in [4.69, 9.17) is 0 Å². The van der Waals surface area contributed by atoms with Crippen LogP contribution in [0.2, 0.25) is 0 Å². The minimum atomic E-state index is 0.477. The highest BCUT2D eigenvalue weighted by atomic mass is 32.2. The largest absolute Gasteiger partial charge is 0.313 e. The summed E-state index contributed by atoms with van der Waals surface area (Å²) in [5.74, 6) is 1.34. The average Bonchev–Trinajstić information content (AvgIpc) is 2.76. The SMILES string of the molecule is CC(Cc1ccccc1)NCC1(C)CCCS1. The van der Waals surface area contributed by atoms with Crippen molar-refractivity contribution in [3.63, 3.8) is 0 Å². The summed E-state index contributed by atoms with van der Waals surface area (Å²) in [4.78, 5) is 0. The van der Waals surface area contributed by atoms with Crippen LogP contribution in [0, 0.1) is 0 Å². The molecule has 0 spiro atoms. The van der Waals surface area contributed by atoms with E-state index in [0.717, 1.165) is 13.0 Å². The smallest absolute Gasteiger partial charge is 0.0256 e. The lowest BCUT2D eigenvalue weighted by atomic mass is 10.0. The van der Waals surface area contributed by atoms with E-state index in [1.54, 1.807) is 0 Å². The molecule has 2 rings (SSSR count). The fraction of sp³-hybridized carbons (Fsp3) is 0.600. The van der Waals surface area contributed by atoms with Crippen LogP contribution in [0.25, 0.3) is 0 Å². The van der Waals surface area contributed by atoms with Gasteiger partial charge >= 0.3 is 0 Å². The highest BCUT2D eigenvalue weighted by Crippen LogP contribution is 2.37. The van der Waals surface area contributed by atoms with Crippen molar-refractivity contribution in [2.75, 3.05) is 12.3 Å². The summed E-state index contributed by atoms with van der Waals surface area (Å²) in [5, 5.41) is 3.69. The van der Waals surface area contributed by atoms with Crippen molar-refractivity contribution in [1.82, 2.24) is 5.32 Å². The molecule has 2 unspecified atom stereocenters. The van der Waals surface area contributed by atoms with Gasteiger partial charge in [-0.3, -0.25) is 0 Å². The van der Waals surface area contributed by atoms with Crippen LogP contribution in [0.3, 0.4) is 0 Å². The molecule has 2 heteroatoms. The van der Waals surface area contributed by atoms with Crippen LogP contribution in [0.4, 0.5) is 0 Å². The first-order valence-electron chi connectivity index (χ1n) is 6.59. The topological polar surface area (TPSA) is 12.0 Å². The predicted molar refractivity (Wildman–Crippen MR) is 77.7 cm³/mol. The molecule has 1 aliphatic heterocycles. The third kappa shape index (κ3) is 4.04. The molecule has 2 atom stereocenters. The molecule has 0 amide bonds. The highest BCUT2D eigenvalue weighted by molar-refractivity contribution is 8.00. The summed E-state index contributed by atoms with van der Waals surface area (Å²) in [6.45, 7) is 5.83. The van der Waals surface area contributed by atoms with E-state index in [1.165, 1.54) is 24.2 Å². The van der Waals surface area contributed by atoms with Crippen molar-refractivity contribution in [3.8, 4) is 0 Å². The van der Waals surface area contributed by atoms with Crippen LogP contribution in [-0.4, -0.2) is 23.1 Å². The van der Waals surface area contributed by atoms with Crippen LogP contribution >= 0.6 is 11.8 Å². The lowest BCUT2D eigenvalue weighted by Gasteiger charge is -2.25. The van der Waals surface area contributed by atoms with Gasteiger partial charge in [0.2, 0.25) is 0 Å². The van der Waals surface area contributed by atoms with Gasteiger partial charge in [-0.15, -0.1) is 0 Å². The molecule has 1 heterocycles. The zero-order chi connectivity index (χ0) is 12.1. The second kappa shape index (κ2) is 5.92. The van der Waals surface area contributed by atoms with Crippen LogP contribution < -0.4 is 5.32 Å². The van der Waals surface area contributed by atoms with E-state index in [9.17, 15) is 0 Å². The Kier molecular flexibility index (Phi) is 4.52. The van der Waals surface area contributed by atoms with Crippen molar-refractivity contribution in [1.29, 1.82) is 0 Å². The average molecular weight is 249 g/mol. The summed E-state index contributed by atoms with van der Waals surface area (Å²) < 4.78 is 0.477. The maximum Gasteiger partial charge on any atom is 0.0256 e. The molecule has 17 heavy (non-hydrogen) atoms. The molecule has 1 aromatic carbocycles. The third-order valence-corrected chi connectivity index (χ3v) is 5.05. The Hall–Kier alpha value is -0.470. The van der Waals surface area contributed by atoms with Gasteiger partial charge in [-0.25, -0.2) is 0 Å². The Morgan fingerprint density at radius 1 is 1.35 bits per heavy atom. The zero-order valence-corrected chi connectivity index (χ0v) is 11.7. The van der Waals surface area contributed by atoms with Gasteiger partial charge in [0.1, 0.15) is 0 Å². The van der Waals surface area contributed by atoms with E-state index in [-0.39, 0.29) is 0 Å². The quantitative estimate of drug-likeness (QED) is 0.857. The van der Waals surface area contributed by atoms with Crippen molar-refractivity contribution < 1.29 is 0 Å². The van der Waals surface area contributed by atoms with E-state index < -0.39 is 0 Å². The first-order chi connectivity index (χ1) is 8.18. The minimum Gasteiger partial charge on any atom is -0.313 e. The Bertz CT molecular complexity index is 330. The molecule has 1 saturated heterocycles. The van der Waals surface area contributed by atoms with Gasteiger partial charge in [-0.2, -0.15) is 11.8 Å². The standard InChI is InChI=1S/C15H23NS/c1-13(11-14-7-4-3-5-8-14)16-12-15(2)9-6-10-17-15/h3-5,7-8,13,16H,6,9-12H2,1-2H3. The first kappa shape index (κ1) is 13.0. The van der Waals surface area contributed by atoms with E-state index in [1.807, 2.05) is 0 Å². The number of hydrogen-bond donors (Lipinski definition) is 1. The maximum atomic E-state index is 3.69. The lowest BCUT2D eigenvalue weighted by molar-refractivity contribution is 0.478. The fourth-order valence-corrected chi connectivity index (χ4v) is 3.66.